The van der Waals surface area contributed by atoms with Crippen LogP contribution < -0.4 is 0 Å². The maximum absolute atomic E-state index is 6.18. The number of alkyl halides is 1. The van der Waals surface area contributed by atoms with Crippen LogP contribution in [-0.4, -0.2) is 30.4 Å². The summed E-state index contributed by atoms with van der Waals surface area (Å²) in [5.41, 5.74) is 2.68. The molecule has 1 fully saturated rings. The van der Waals surface area contributed by atoms with Crippen LogP contribution in [0.25, 0.3) is 0 Å². The van der Waals surface area contributed by atoms with Crippen molar-refractivity contribution in [2.24, 2.45) is 0 Å². The number of piperidine rings is 1. The summed E-state index contributed by atoms with van der Waals surface area (Å²) < 4.78 is 0. The molecule has 0 N–H and O–H groups in total. The zero-order valence-corrected chi connectivity index (χ0v) is 9.20. The lowest BCUT2D eigenvalue weighted by atomic mass is 9.91. The first kappa shape index (κ1) is 9.57. The zero-order chi connectivity index (χ0) is 9.42. The highest BCUT2D eigenvalue weighted by Gasteiger charge is 2.23. The lowest BCUT2D eigenvalue weighted by Gasteiger charge is -2.31. The van der Waals surface area contributed by atoms with Crippen molar-refractivity contribution in [2.75, 3.05) is 20.1 Å². The molecular formula is C10H13Cl2N. The van der Waals surface area contributed by atoms with E-state index in [2.05, 4.69) is 18.0 Å². The van der Waals surface area contributed by atoms with E-state index in [9.17, 15) is 0 Å². The second-order valence-corrected chi connectivity index (χ2v) is 4.80. The van der Waals surface area contributed by atoms with Crippen molar-refractivity contribution < 1.29 is 0 Å². The Morgan fingerprint density at radius 3 is 3.08 bits per heavy atom. The lowest BCUT2D eigenvalue weighted by molar-refractivity contribution is 0.345. The summed E-state index contributed by atoms with van der Waals surface area (Å²) >= 11 is 12.2. The van der Waals surface area contributed by atoms with Crippen molar-refractivity contribution >= 4 is 23.2 Å². The molecule has 0 saturated carbocycles. The molecule has 1 aliphatic heterocycles. The fourth-order valence-electron chi connectivity index (χ4n) is 1.93. The van der Waals surface area contributed by atoms with Crippen LogP contribution in [0.3, 0.4) is 0 Å². The van der Waals surface area contributed by atoms with Gasteiger partial charge < -0.3 is 4.90 Å². The number of hydrogen-bond donors (Lipinski definition) is 0. The molecule has 0 bridgehead atoms. The molecule has 13 heavy (non-hydrogen) atoms. The van der Waals surface area contributed by atoms with Gasteiger partial charge >= 0.3 is 0 Å². The van der Waals surface area contributed by atoms with Crippen molar-refractivity contribution in [1.82, 2.24) is 4.90 Å². The van der Waals surface area contributed by atoms with E-state index < -0.39 is 0 Å². The van der Waals surface area contributed by atoms with Gasteiger partial charge in [-0.2, -0.15) is 0 Å². The van der Waals surface area contributed by atoms with Crippen LogP contribution in [0.1, 0.15) is 12.8 Å². The average molecular weight is 218 g/mol. The van der Waals surface area contributed by atoms with Crippen LogP contribution in [0, 0.1) is 0 Å². The molecular weight excluding hydrogens is 205 g/mol. The molecule has 1 atom stereocenters. The van der Waals surface area contributed by atoms with Gasteiger partial charge in [0, 0.05) is 24.5 Å². The highest BCUT2D eigenvalue weighted by molar-refractivity contribution is 6.32. The predicted molar refractivity (Wildman–Crippen MR) is 57.3 cm³/mol. The number of likely N-dealkylation sites (N-methyl/N-ethyl adjacent to an activating group) is 1. The molecule has 0 radical (unpaired) electrons. The largest absolute Gasteiger partial charge is 0.302 e. The quantitative estimate of drug-likeness (QED) is 0.565. The molecule has 1 nitrogen and oxygen atoms in total. The summed E-state index contributed by atoms with van der Waals surface area (Å²) in [4.78, 5) is 2.30. The van der Waals surface area contributed by atoms with E-state index in [4.69, 9.17) is 23.2 Å². The number of likely N-dealkylation sites (tertiary alicyclic amines) is 1. The third-order valence-electron chi connectivity index (χ3n) is 2.66. The number of nitrogens with zero attached hydrogens (tertiary/aromatic N) is 1. The van der Waals surface area contributed by atoms with E-state index in [0.717, 1.165) is 31.0 Å². The lowest BCUT2D eigenvalue weighted by Crippen LogP contribution is -2.30. The normalized spacial score (nSPS) is 30.1. The Morgan fingerprint density at radius 1 is 1.54 bits per heavy atom. The van der Waals surface area contributed by atoms with E-state index >= 15 is 0 Å². The minimum absolute atomic E-state index is 0.106. The first-order chi connectivity index (χ1) is 6.16. The number of rotatable bonds is 0. The smallest absolute Gasteiger partial charge is 0.0570 e. The van der Waals surface area contributed by atoms with Gasteiger partial charge in [0.25, 0.3) is 0 Å². The first-order valence-corrected chi connectivity index (χ1v) is 5.39. The third-order valence-corrected chi connectivity index (χ3v) is 3.32. The molecule has 3 heteroatoms. The highest BCUT2D eigenvalue weighted by Crippen LogP contribution is 2.34. The van der Waals surface area contributed by atoms with Gasteiger partial charge in [0.05, 0.1) is 5.38 Å². The monoisotopic (exact) mass is 217 g/mol. The zero-order valence-electron chi connectivity index (χ0n) is 7.69. The Labute approximate surface area is 89.0 Å². The van der Waals surface area contributed by atoms with E-state index in [1.165, 1.54) is 11.1 Å². The summed E-state index contributed by atoms with van der Waals surface area (Å²) in [5, 5.41) is 1.07. The molecule has 0 aromatic heterocycles. The van der Waals surface area contributed by atoms with E-state index in [1.807, 2.05) is 0 Å². The Hall–Kier alpha value is 0.0200. The molecule has 0 spiro atoms. The second kappa shape index (κ2) is 3.64. The SMILES string of the molecule is CN1CCC2=CC(Cl)CC(Cl)=C2C1. The standard InChI is InChI=1S/C10H13Cl2N/c1-13-3-2-7-4-8(11)5-10(12)9(7)6-13/h4,8H,2-3,5-6H2,1H3. The summed E-state index contributed by atoms with van der Waals surface area (Å²) in [6.45, 7) is 2.09. The third kappa shape index (κ3) is 1.93. The van der Waals surface area contributed by atoms with Crippen LogP contribution in [0.5, 0.6) is 0 Å². The van der Waals surface area contributed by atoms with Crippen LogP contribution in [0.15, 0.2) is 22.3 Å². The van der Waals surface area contributed by atoms with E-state index in [-0.39, 0.29) is 5.38 Å². The van der Waals surface area contributed by atoms with Crippen molar-refractivity contribution in [3.8, 4) is 0 Å². The van der Waals surface area contributed by atoms with Gasteiger partial charge in [0.1, 0.15) is 0 Å². The van der Waals surface area contributed by atoms with Gasteiger partial charge in [0.15, 0.2) is 0 Å². The minimum atomic E-state index is 0.106. The fourth-order valence-corrected chi connectivity index (χ4v) is 2.66. The molecule has 0 amide bonds. The fraction of sp³-hybridized carbons (Fsp3) is 0.600. The van der Waals surface area contributed by atoms with Crippen LogP contribution in [0.4, 0.5) is 0 Å². The highest BCUT2D eigenvalue weighted by atomic mass is 35.5. The summed E-state index contributed by atoms with van der Waals surface area (Å²) in [6.07, 6.45) is 4.05. The maximum Gasteiger partial charge on any atom is 0.0570 e. The molecule has 72 valence electrons. The molecule has 1 aliphatic carbocycles. The molecule has 2 aliphatic rings. The van der Waals surface area contributed by atoms with Gasteiger partial charge in [-0.15, -0.1) is 11.6 Å². The number of halogens is 2. The molecule has 0 aromatic carbocycles. The van der Waals surface area contributed by atoms with E-state index in [0.29, 0.717) is 0 Å². The van der Waals surface area contributed by atoms with Gasteiger partial charge in [-0.25, -0.2) is 0 Å². The molecule has 1 unspecified atom stereocenters. The summed E-state index contributed by atoms with van der Waals surface area (Å²) in [6, 6.07) is 0. The van der Waals surface area contributed by atoms with Crippen molar-refractivity contribution in [1.29, 1.82) is 0 Å². The Kier molecular flexibility index (Phi) is 2.68. The van der Waals surface area contributed by atoms with Gasteiger partial charge in [-0.05, 0) is 24.6 Å². The van der Waals surface area contributed by atoms with Crippen LogP contribution in [-0.2, 0) is 0 Å². The Balaban J connectivity index is 2.27. The van der Waals surface area contributed by atoms with Crippen LogP contribution in [0.2, 0.25) is 0 Å². The Morgan fingerprint density at radius 2 is 2.31 bits per heavy atom. The topological polar surface area (TPSA) is 3.24 Å². The van der Waals surface area contributed by atoms with Gasteiger partial charge in [-0.1, -0.05) is 17.7 Å². The molecule has 0 aromatic rings. The predicted octanol–water partition coefficient (Wildman–Crippen LogP) is 2.75. The summed E-state index contributed by atoms with van der Waals surface area (Å²) in [5.74, 6) is 0. The molecule has 1 saturated heterocycles. The van der Waals surface area contributed by atoms with Crippen molar-refractivity contribution in [3.05, 3.63) is 22.3 Å². The molecule has 1 heterocycles. The van der Waals surface area contributed by atoms with Crippen molar-refractivity contribution in [3.63, 3.8) is 0 Å². The number of fused-ring (bicyclic) bond motifs is 1. The average Bonchev–Trinajstić information content (AvgIpc) is 2.06. The molecule has 2 rings (SSSR count). The van der Waals surface area contributed by atoms with Crippen molar-refractivity contribution in [2.45, 2.75) is 18.2 Å². The van der Waals surface area contributed by atoms with Gasteiger partial charge in [0.2, 0.25) is 0 Å². The van der Waals surface area contributed by atoms with E-state index in [1.54, 1.807) is 0 Å². The van der Waals surface area contributed by atoms with Crippen LogP contribution >= 0.6 is 23.2 Å². The first-order valence-electron chi connectivity index (χ1n) is 4.58. The minimum Gasteiger partial charge on any atom is -0.302 e. The Bertz CT molecular complexity index is 281. The van der Waals surface area contributed by atoms with Gasteiger partial charge in [-0.3, -0.25) is 0 Å². The number of allylic oxidation sites excluding steroid dienone is 2. The maximum atomic E-state index is 6.18. The number of hydrogen-bond acceptors (Lipinski definition) is 1. The summed E-state index contributed by atoms with van der Waals surface area (Å²) in [7, 11) is 2.13. The second-order valence-electron chi connectivity index (χ2n) is 3.78.